The van der Waals surface area contributed by atoms with Crippen molar-refractivity contribution >= 4 is 48.4 Å². The number of rotatable bonds is 6. The van der Waals surface area contributed by atoms with Crippen molar-refractivity contribution in [2.45, 2.75) is 38.9 Å². The molecular weight excluding hydrogens is 448 g/mol. The summed E-state index contributed by atoms with van der Waals surface area (Å²) >= 11 is 5.54. The molecule has 0 N–H and O–H groups in total. The molecule has 0 bridgehead atoms. The molecule has 1 fully saturated rings. The van der Waals surface area contributed by atoms with Crippen LogP contribution >= 0.6 is 19.5 Å². The number of benzene rings is 3. The summed E-state index contributed by atoms with van der Waals surface area (Å²) in [4.78, 5) is 14.0. The molecule has 33 heavy (non-hydrogen) atoms. The maximum Gasteiger partial charge on any atom is 0.706 e. The van der Waals surface area contributed by atoms with E-state index in [0.717, 1.165) is 10.6 Å². The van der Waals surface area contributed by atoms with Crippen molar-refractivity contribution < 1.29 is 14.1 Å². The van der Waals surface area contributed by atoms with Gasteiger partial charge in [-0.3, -0.25) is 4.79 Å². The quantitative estimate of drug-likeness (QED) is 0.277. The topological polar surface area (TPSA) is 38.8 Å². The molecule has 3 aromatic rings. The molecule has 0 aliphatic carbocycles. The second-order valence-corrected chi connectivity index (χ2v) is 12.5. The van der Waals surface area contributed by atoms with Crippen LogP contribution in [-0.4, -0.2) is 34.1 Å². The van der Waals surface area contributed by atoms with Crippen LogP contribution in [-0.2, 0) is 9.31 Å². The van der Waals surface area contributed by atoms with Gasteiger partial charge in [-0.05, 0) is 64.1 Å². The van der Waals surface area contributed by atoms with Gasteiger partial charge in [-0.15, -0.1) is 0 Å². The molecule has 0 aromatic heterocycles. The molecule has 1 aliphatic rings. The highest BCUT2D eigenvalue weighted by Crippen LogP contribution is 2.65. The Labute approximate surface area is 202 Å². The van der Waals surface area contributed by atoms with Crippen LogP contribution in [0, 0.1) is 0 Å². The van der Waals surface area contributed by atoms with E-state index in [4.69, 9.17) is 21.5 Å². The van der Waals surface area contributed by atoms with Gasteiger partial charge in [0.2, 0.25) is 7.29 Å². The Morgan fingerprint density at radius 3 is 1.58 bits per heavy atom. The highest BCUT2D eigenvalue weighted by atomic mass is 32.1. The fourth-order valence-electron chi connectivity index (χ4n) is 4.00. The van der Waals surface area contributed by atoms with E-state index in [9.17, 15) is 4.79 Å². The number of carbonyl (C=O) groups is 1. The van der Waals surface area contributed by atoms with Crippen molar-refractivity contribution in [2.75, 3.05) is 0 Å². The summed E-state index contributed by atoms with van der Waals surface area (Å²) < 4.78 is 15.0. The zero-order chi connectivity index (χ0) is 23.7. The van der Waals surface area contributed by atoms with E-state index in [1.807, 2.05) is 119 Å². The maximum absolute atomic E-state index is 14.0. The Morgan fingerprint density at radius 2 is 1.18 bits per heavy atom. The van der Waals surface area contributed by atoms with Gasteiger partial charge >= 0.3 is 6.84 Å². The summed E-state index contributed by atoms with van der Waals surface area (Å²) in [6, 6.07) is 29.2. The van der Waals surface area contributed by atoms with Gasteiger partial charge in [0, 0.05) is 5.56 Å². The first kappa shape index (κ1) is 23.8. The van der Waals surface area contributed by atoms with E-state index in [2.05, 4.69) is 0 Å². The summed E-state index contributed by atoms with van der Waals surface area (Å²) in [7, 11) is -2.86. The summed E-state index contributed by atoms with van der Waals surface area (Å²) in [5, 5.41) is 1.92. The van der Waals surface area contributed by atoms with E-state index < -0.39 is 25.3 Å². The van der Waals surface area contributed by atoms with Gasteiger partial charge in [-0.2, -0.15) is 4.67 Å². The summed E-state index contributed by atoms with van der Waals surface area (Å²) in [5.74, 6) is -0.179. The molecular formula is C26H28BNO3PS+. The third kappa shape index (κ3) is 4.06. The molecule has 0 saturated carbocycles. The molecule has 0 atom stereocenters. The zero-order valence-corrected chi connectivity index (χ0v) is 21.1. The van der Waals surface area contributed by atoms with Crippen LogP contribution in [0.25, 0.3) is 0 Å². The summed E-state index contributed by atoms with van der Waals surface area (Å²) in [6.07, 6.45) is 0. The first-order valence-electron chi connectivity index (χ1n) is 10.9. The van der Waals surface area contributed by atoms with E-state index in [1.165, 1.54) is 5.49 Å². The number of thiocarbonyl (C=S) groups is 1. The van der Waals surface area contributed by atoms with Crippen LogP contribution in [0.4, 0.5) is 0 Å². The normalized spacial score (nSPS) is 16.9. The second-order valence-electron chi connectivity index (χ2n) is 9.04. The van der Waals surface area contributed by atoms with Crippen LogP contribution in [0.2, 0.25) is 0 Å². The molecule has 4 rings (SSSR count). The molecule has 0 unspecified atom stereocenters. The van der Waals surface area contributed by atoms with E-state index >= 15 is 0 Å². The largest absolute Gasteiger partial charge is 0.706 e. The first-order chi connectivity index (χ1) is 15.7. The third-order valence-electron chi connectivity index (χ3n) is 6.51. The Balaban J connectivity index is 2.02. The number of hydrogen-bond donors (Lipinski definition) is 0. The van der Waals surface area contributed by atoms with Gasteiger partial charge in [0.15, 0.2) is 0 Å². The molecule has 1 amide bonds. The molecule has 0 spiro atoms. The van der Waals surface area contributed by atoms with Crippen LogP contribution < -0.4 is 10.6 Å². The molecule has 7 heteroatoms. The molecule has 1 aliphatic heterocycles. The lowest BCUT2D eigenvalue weighted by Crippen LogP contribution is -2.48. The van der Waals surface area contributed by atoms with E-state index in [0.29, 0.717) is 5.56 Å². The minimum atomic E-state index is -2.86. The molecule has 3 aromatic carbocycles. The van der Waals surface area contributed by atoms with Crippen molar-refractivity contribution in [1.29, 1.82) is 0 Å². The van der Waals surface area contributed by atoms with Crippen molar-refractivity contribution in [3.8, 4) is 0 Å². The smallest absolute Gasteiger partial charge is 0.365 e. The van der Waals surface area contributed by atoms with Crippen LogP contribution in [0.15, 0.2) is 91.0 Å². The fourth-order valence-corrected chi connectivity index (χ4v) is 8.66. The standard InChI is InChI=1S/C26H28BNO3PS/c1-25(2)26(3,4)31-27(30-25)32(22-16-10-6-11-17-22,23-18-12-7-13-19-23)28(20-33)24(29)21-14-8-5-9-15-21/h5-20H,1-4H3/q+1. The number of hydrogen-bond acceptors (Lipinski definition) is 4. The minimum absolute atomic E-state index is 0.179. The highest BCUT2D eigenvalue weighted by molar-refractivity contribution is 8.12. The van der Waals surface area contributed by atoms with Gasteiger partial charge in [0.25, 0.3) is 5.91 Å². The monoisotopic (exact) mass is 476 g/mol. The van der Waals surface area contributed by atoms with E-state index in [-0.39, 0.29) is 5.91 Å². The highest BCUT2D eigenvalue weighted by Gasteiger charge is 2.72. The van der Waals surface area contributed by atoms with Gasteiger partial charge in [0.05, 0.1) is 11.2 Å². The van der Waals surface area contributed by atoms with Gasteiger partial charge in [-0.25, -0.2) is 0 Å². The molecule has 4 nitrogen and oxygen atoms in total. The predicted molar refractivity (Wildman–Crippen MR) is 141 cm³/mol. The lowest BCUT2D eigenvalue weighted by Gasteiger charge is -2.34. The van der Waals surface area contributed by atoms with Crippen molar-refractivity contribution in [2.24, 2.45) is 0 Å². The van der Waals surface area contributed by atoms with Crippen molar-refractivity contribution in [3.63, 3.8) is 0 Å². The fraction of sp³-hybridized carbons (Fsp3) is 0.231. The van der Waals surface area contributed by atoms with Gasteiger partial charge in [0.1, 0.15) is 16.1 Å². The Bertz CT molecular complexity index is 1070. The van der Waals surface area contributed by atoms with Crippen molar-refractivity contribution in [1.82, 2.24) is 4.67 Å². The average Bonchev–Trinajstić information content (AvgIpc) is 3.05. The van der Waals surface area contributed by atoms with Crippen molar-refractivity contribution in [3.05, 3.63) is 96.6 Å². The maximum atomic E-state index is 14.0. The van der Waals surface area contributed by atoms with Gasteiger partial charge < -0.3 is 9.31 Å². The second kappa shape index (κ2) is 9.11. The van der Waals surface area contributed by atoms with E-state index in [1.54, 1.807) is 4.67 Å². The summed E-state index contributed by atoms with van der Waals surface area (Å²) in [6.45, 7) is 7.41. The first-order valence-corrected chi connectivity index (χ1v) is 13.2. The van der Waals surface area contributed by atoms with Crippen LogP contribution in [0.1, 0.15) is 38.1 Å². The zero-order valence-electron chi connectivity index (χ0n) is 19.3. The Hall–Kier alpha value is -2.37. The Kier molecular flexibility index (Phi) is 6.57. The number of amides is 1. The lowest BCUT2D eigenvalue weighted by molar-refractivity contribution is 0.00578. The lowest BCUT2D eigenvalue weighted by atomic mass is 9.90. The molecule has 1 saturated heterocycles. The number of carbonyl (C=O) groups excluding carboxylic acids is 1. The number of nitrogens with zero attached hydrogens (tertiary/aromatic N) is 1. The average molecular weight is 476 g/mol. The van der Waals surface area contributed by atoms with Gasteiger partial charge in [-0.1, -0.05) is 66.8 Å². The molecule has 1 heterocycles. The predicted octanol–water partition coefficient (Wildman–Crippen LogP) is 5.26. The minimum Gasteiger partial charge on any atom is -0.365 e. The van der Waals surface area contributed by atoms with Crippen LogP contribution in [0.5, 0.6) is 0 Å². The third-order valence-corrected chi connectivity index (χ3v) is 10.8. The Morgan fingerprint density at radius 1 is 0.788 bits per heavy atom. The summed E-state index contributed by atoms with van der Waals surface area (Å²) in [5.41, 5.74) is 0.880. The SMILES string of the molecule is CC1(C)OB([P+](c2ccccc2)(c2ccccc2)N(C=S)C(=O)c2ccccc2)OC1(C)C. The molecule has 168 valence electrons. The van der Waals surface area contributed by atoms with Crippen LogP contribution in [0.3, 0.4) is 0 Å². The molecule has 0 radical (unpaired) electrons.